The fourth-order valence-corrected chi connectivity index (χ4v) is 1.87. The van der Waals surface area contributed by atoms with E-state index in [1.807, 2.05) is 0 Å². The number of hydrogen-bond acceptors (Lipinski definition) is 3. The quantitative estimate of drug-likeness (QED) is 0.709. The highest BCUT2D eigenvalue weighted by Crippen LogP contribution is 2.12. The number of hydroxylamine groups is 1. The van der Waals surface area contributed by atoms with Gasteiger partial charge in [-0.3, -0.25) is 0 Å². The maximum Gasteiger partial charge on any atom is 0.0705 e. The van der Waals surface area contributed by atoms with Gasteiger partial charge in [-0.05, 0) is 45.7 Å². The van der Waals surface area contributed by atoms with Gasteiger partial charge in [0.1, 0.15) is 0 Å². The molecule has 15 heavy (non-hydrogen) atoms. The van der Waals surface area contributed by atoms with Crippen molar-refractivity contribution in [2.45, 2.75) is 52.6 Å². The van der Waals surface area contributed by atoms with E-state index in [1.54, 1.807) is 0 Å². The fourth-order valence-electron chi connectivity index (χ4n) is 1.87. The van der Waals surface area contributed by atoms with Gasteiger partial charge in [0, 0.05) is 12.1 Å². The first-order chi connectivity index (χ1) is 7.09. The summed E-state index contributed by atoms with van der Waals surface area (Å²) >= 11 is 0. The smallest absolute Gasteiger partial charge is 0.0705 e. The van der Waals surface area contributed by atoms with Gasteiger partial charge in [0.25, 0.3) is 0 Å². The molecular formula is C12H26N2O. The summed E-state index contributed by atoms with van der Waals surface area (Å²) in [6, 6.07) is 1.24. The largest absolute Gasteiger partial charge is 0.301 e. The van der Waals surface area contributed by atoms with Crippen LogP contribution in [0.1, 0.15) is 40.5 Å². The minimum Gasteiger partial charge on any atom is -0.301 e. The minimum atomic E-state index is 0.554. The molecule has 1 aliphatic heterocycles. The third-order valence-electron chi connectivity index (χ3n) is 2.93. The second-order valence-electron chi connectivity index (χ2n) is 5.23. The Kier molecular flexibility index (Phi) is 5.58. The molecule has 90 valence electrons. The maximum absolute atomic E-state index is 5.46. The summed E-state index contributed by atoms with van der Waals surface area (Å²) in [5, 5.41) is 0. The number of hydrogen-bond donors (Lipinski definition) is 1. The van der Waals surface area contributed by atoms with Crippen molar-refractivity contribution in [3.8, 4) is 0 Å². The van der Waals surface area contributed by atoms with Crippen LogP contribution in [0, 0.1) is 5.92 Å². The van der Waals surface area contributed by atoms with Gasteiger partial charge in [0.15, 0.2) is 0 Å². The molecule has 1 heterocycles. The van der Waals surface area contributed by atoms with Crippen LogP contribution in [0.15, 0.2) is 0 Å². The normalized spacial score (nSPS) is 20.4. The average Bonchev–Trinajstić information content (AvgIpc) is 2.18. The second kappa shape index (κ2) is 6.46. The molecule has 0 aromatic carbocycles. The predicted molar refractivity (Wildman–Crippen MR) is 63.7 cm³/mol. The van der Waals surface area contributed by atoms with Gasteiger partial charge < -0.3 is 9.74 Å². The fraction of sp³-hybridized carbons (Fsp3) is 1.00. The van der Waals surface area contributed by atoms with Crippen molar-refractivity contribution >= 4 is 0 Å². The Balaban J connectivity index is 2.09. The van der Waals surface area contributed by atoms with Gasteiger partial charge in [-0.1, -0.05) is 13.8 Å². The monoisotopic (exact) mass is 214 g/mol. The van der Waals surface area contributed by atoms with Gasteiger partial charge in [-0.25, -0.2) is 0 Å². The summed E-state index contributed by atoms with van der Waals surface area (Å²) in [7, 11) is 0. The third kappa shape index (κ3) is 4.96. The van der Waals surface area contributed by atoms with Gasteiger partial charge in [-0.15, -0.1) is 0 Å². The molecule has 0 aliphatic carbocycles. The van der Waals surface area contributed by atoms with Crippen LogP contribution in [0.4, 0.5) is 0 Å². The Bertz CT molecular complexity index is 160. The summed E-state index contributed by atoms with van der Waals surface area (Å²) in [5.41, 5.74) is 3.19. The van der Waals surface area contributed by atoms with Crippen molar-refractivity contribution in [2.75, 3.05) is 19.7 Å². The Morgan fingerprint density at radius 2 is 1.80 bits per heavy atom. The lowest BCUT2D eigenvalue weighted by Crippen LogP contribution is -2.45. The van der Waals surface area contributed by atoms with Crippen LogP contribution in [0.2, 0.25) is 0 Å². The first kappa shape index (κ1) is 12.9. The molecule has 3 nitrogen and oxygen atoms in total. The second-order valence-corrected chi connectivity index (χ2v) is 5.23. The van der Waals surface area contributed by atoms with Crippen molar-refractivity contribution in [1.82, 2.24) is 10.4 Å². The van der Waals surface area contributed by atoms with E-state index in [4.69, 9.17) is 4.84 Å². The predicted octanol–water partition coefficient (Wildman–Crippen LogP) is 2.04. The van der Waals surface area contributed by atoms with Crippen molar-refractivity contribution in [3.63, 3.8) is 0 Å². The molecule has 1 rings (SSSR count). The summed E-state index contributed by atoms with van der Waals surface area (Å²) in [6.45, 7) is 12.1. The van der Waals surface area contributed by atoms with E-state index in [1.165, 1.54) is 25.9 Å². The number of nitrogens with zero attached hydrogens (tertiary/aromatic N) is 1. The van der Waals surface area contributed by atoms with Crippen LogP contribution in [0.25, 0.3) is 0 Å². The topological polar surface area (TPSA) is 24.5 Å². The van der Waals surface area contributed by atoms with E-state index in [0.29, 0.717) is 18.0 Å². The first-order valence-electron chi connectivity index (χ1n) is 6.21. The van der Waals surface area contributed by atoms with Crippen LogP contribution in [0.5, 0.6) is 0 Å². The van der Waals surface area contributed by atoms with Gasteiger partial charge >= 0.3 is 0 Å². The standard InChI is InChI=1S/C12H26N2O/c1-10(2)9-15-13-12-5-7-14(8-6-12)11(3)4/h10-13H,5-9H2,1-4H3. The molecule has 0 spiro atoms. The highest BCUT2D eigenvalue weighted by atomic mass is 16.6. The molecule has 0 aromatic rings. The van der Waals surface area contributed by atoms with E-state index in [-0.39, 0.29) is 0 Å². The molecule has 0 aromatic heterocycles. The van der Waals surface area contributed by atoms with Crippen LogP contribution in [0.3, 0.4) is 0 Å². The molecule has 1 saturated heterocycles. The van der Waals surface area contributed by atoms with E-state index < -0.39 is 0 Å². The zero-order valence-electron chi connectivity index (χ0n) is 10.6. The van der Waals surface area contributed by atoms with E-state index in [9.17, 15) is 0 Å². The molecule has 0 radical (unpaired) electrons. The zero-order valence-corrected chi connectivity index (χ0v) is 10.6. The number of nitrogens with one attached hydrogen (secondary N) is 1. The van der Waals surface area contributed by atoms with Crippen molar-refractivity contribution in [1.29, 1.82) is 0 Å². The Labute approximate surface area is 94.1 Å². The van der Waals surface area contributed by atoms with Gasteiger partial charge in [0.2, 0.25) is 0 Å². The Hall–Kier alpha value is -0.120. The third-order valence-corrected chi connectivity index (χ3v) is 2.93. The van der Waals surface area contributed by atoms with Gasteiger partial charge in [-0.2, -0.15) is 5.48 Å². The van der Waals surface area contributed by atoms with E-state index in [0.717, 1.165) is 6.61 Å². The van der Waals surface area contributed by atoms with Crippen molar-refractivity contribution in [2.24, 2.45) is 5.92 Å². The minimum absolute atomic E-state index is 0.554. The lowest BCUT2D eigenvalue weighted by molar-refractivity contribution is -0.0156. The molecule has 0 amide bonds. The van der Waals surface area contributed by atoms with Crippen molar-refractivity contribution < 1.29 is 4.84 Å². The average molecular weight is 214 g/mol. The summed E-state index contributed by atoms with van der Waals surface area (Å²) in [4.78, 5) is 7.99. The van der Waals surface area contributed by atoms with Crippen LogP contribution in [-0.2, 0) is 4.84 Å². The summed E-state index contributed by atoms with van der Waals surface area (Å²) in [6.07, 6.45) is 2.41. The van der Waals surface area contributed by atoms with Crippen LogP contribution < -0.4 is 5.48 Å². The van der Waals surface area contributed by atoms with Crippen LogP contribution in [-0.4, -0.2) is 36.7 Å². The summed E-state index contributed by atoms with van der Waals surface area (Å²) in [5.74, 6) is 0.605. The lowest BCUT2D eigenvalue weighted by Gasteiger charge is -2.34. The lowest BCUT2D eigenvalue weighted by atomic mass is 10.0. The van der Waals surface area contributed by atoms with E-state index in [2.05, 4.69) is 38.1 Å². The molecule has 3 heteroatoms. The van der Waals surface area contributed by atoms with Crippen LogP contribution >= 0.6 is 0 Å². The maximum atomic E-state index is 5.46. The van der Waals surface area contributed by atoms with Gasteiger partial charge in [0.05, 0.1) is 6.61 Å². The highest BCUT2D eigenvalue weighted by molar-refractivity contribution is 4.76. The molecular weight excluding hydrogens is 188 g/mol. The van der Waals surface area contributed by atoms with E-state index >= 15 is 0 Å². The Morgan fingerprint density at radius 3 is 2.27 bits per heavy atom. The summed E-state index contributed by atoms with van der Waals surface area (Å²) < 4.78 is 0. The van der Waals surface area contributed by atoms with Crippen molar-refractivity contribution in [3.05, 3.63) is 0 Å². The number of rotatable bonds is 5. The molecule has 1 N–H and O–H groups in total. The highest BCUT2D eigenvalue weighted by Gasteiger charge is 2.20. The molecule has 0 saturated carbocycles. The molecule has 1 aliphatic rings. The SMILES string of the molecule is CC(C)CONC1CCN(C(C)C)CC1. The molecule has 0 bridgehead atoms. The first-order valence-corrected chi connectivity index (χ1v) is 6.21. The molecule has 0 unspecified atom stereocenters. The number of piperidine rings is 1. The molecule has 1 fully saturated rings. The molecule has 0 atom stereocenters. The zero-order chi connectivity index (χ0) is 11.3. The Morgan fingerprint density at radius 1 is 1.20 bits per heavy atom. The number of likely N-dealkylation sites (tertiary alicyclic amines) is 1.